The zero-order valence-corrected chi connectivity index (χ0v) is 25.1. The number of pyridine rings is 1. The van der Waals surface area contributed by atoms with Crippen molar-refractivity contribution < 1.29 is 32.3 Å². The third-order valence-electron chi connectivity index (χ3n) is 7.89. The van der Waals surface area contributed by atoms with E-state index in [1.807, 2.05) is 30.3 Å². The molecule has 0 radical (unpaired) electrons. The fourth-order valence-electron chi connectivity index (χ4n) is 5.08. The van der Waals surface area contributed by atoms with Gasteiger partial charge in [-0.3, -0.25) is 13.9 Å². The maximum Gasteiger partial charge on any atom is 0.309 e. The van der Waals surface area contributed by atoms with Crippen LogP contribution in [0.5, 0.6) is 0 Å². The van der Waals surface area contributed by atoms with Gasteiger partial charge < -0.3 is 19.6 Å². The van der Waals surface area contributed by atoms with Gasteiger partial charge in [0.2, 0.25) is 15.7 Å². The fourth-order valence-corrected chi connectivity index (χ4v) is 6.00. The van der Waals surface area contributed by atoms with Crippen LogP contribution < -0.4 is 9.62 Å². The molecule has 11 heteroatoms. The van der Waals surface area contributed by atoms with Gasteiger partial charge in [0.15, 0.2) is 0 Å². The molecule has 1 aliphatic rings. The van der Waals surface area contributed by atoms with Crippen molar-refractivity contribution in [2.24, 2.45) is 5.41 Å². The van der Waals surface area contributed by atoms with Crippen LogP contribution in [-0.4, -0.2) is 63.9 Å². The van der Waals surface area contributed by atoms with Crippen molar-refractivity contribution in [1.29, 1.82) is 0 Å². The normalized spacial score (nSPS) is 15.0. The van der Waals surface area contributed by atoms with E-state index in [-0.39, 0.29) is 42.9 Å². The summed E-state index contributed by atoms with van der Waals surface area (Å²) in [6, 6.07) is 9.60. The third-order valence-corrected chi connectivity index (χ3v) is 9.04. The first-order chi connectivity index (χ1) is 19.4. The lowest BCUT2D eigenvalue weighted by molar-refractivity contribution is -0.149. The molecule has 10 nitrogen and oxygen atoms in total. The van der Waals surface area contributed by atoms with Gasteiger partial charge in [0.05, 0.1) is 22.6 Å². The van der Waals surface area contributed by atoms with Gasteiger partial charge in [-0.15, -0.1) is 0 Å². The standard InChI is InChI=1S/C30H39N3O7S/c1-6-19-8-10-21(11-9-19)25-24(27(34)31-3)23-18-22(20-12-13-20)26(32-28(23)40-25)33(41(5,37)38)16-7-14-30(2,29(35)36)15-17-39-4/h8-11,18,20H,6-7,12-17H2,1-5H3,(H,31,34)(H,35,36). The van der Waals surface area contributed by atoms with Gasteiger partial charge in [-0.1, -0.05) is 31.2 Å². The van der Waals surface area contributed by atoms with E-state index in [0.29, 0.717) is 29.6 Å². The van der Waals surface area contributed by atoms with Crippen molar-refractivity contribution in [3.63, 3.8) is 0 Å². The summed E-state index contributed by atoms with van der Waals surface area (Å²) >= 11 is 0. The van der Waals surface area contributed by atoms with E-state index in [2.05, 4.69) is 12.2 Å². The molecule has 2 heterocycles. The van der Waals surface area contributed by atoms with Gasteiger partial charge >= 0.3 is 5.97 Å². The Morgan fingerprint density at radius 3 is 2.44 bits per heavy atom. The molecule has 1 saturated carbocycles. The van der Waals surface area contributed by atoms with Gasteiger partial charge in [0.25, 0.3) is 5.91 Å². The summed E-state index contributed by atoms with van der Waals surface area (Å²) in [4.78, 5) is 29.8. The molecule has 0 saturated heterocycles. The number of carboxylic acids is 1. The number of rotatable bonds is 14. The zero-order chi connectivity index (χ0) is 29.9. The molecular weight excluding hydrogens is 546 g/mol. The minimum Gasteiger partial charge on any atom is -0.481 e. The molecule has 0 spiro atoms. The van der Waals surface area contributed by atoms with Gasteiger partial charge in [0, 0.05) is 32.9 Å². The number of benzene rings is 1. The molecular formula is C30H39N3O7S. The van der Waals surface area contributed by atoms with Crippen LogP contribution in [0, 0.1) is 5.41 Å². The highest BCUT2D eigenvalue weighted by molar-refractivity contribution is 7.92. The number of aryl methyl sites for hydroxylation is 1. The van der Waals surface area contributed by atoms with Crippen LogP contribution in [0.2, 0.25) is 0 Å². The van der Waals surface area contributed by atoms with E-state index in [1.54, 1.807) is 14.0 Å². The van der Waals surface area contributed by atoms with Crippen molar-refractivity contribution in [2.45, 2.75) is 58.3 Å². The van der Waals surface area contributed by atoms with Crippen molar-refractivity contribution in [3.8, 4) is 11.3 Å². The van der Waals surface area contributed by atoms with Crippen molar-refractivity contribution in [2.75, 3.05) is 37.9 Å². The Morgan fingerprint density at radius 2 is 1.90 bits per heavy atom. The number of hydrogen-bond donors (Lipinski definition) is 2. The van der Waals surface area contributed by atoms with Crippen molar-refractivity contribution >= 4 is 38.8 Å². The average Bonchev–Trinajstić information content (AvgIpc) is 3.72. The number of hydrogen-bond acceptors (Lipinski definition) is 7. The topological polar surface area (TPSA) is 139 Å². The number of carbonyl (C=O) groups excluding carboxylic acids is 1. The molecule has 2 N–H and O–H groups in total. The van der Waals surface area contributed by atoms with Gasteiger partial charge in [-0.05, 0) is 68.6 Å². The minimum atomic E-state index is -3.78. The Balaban J connectivity index is 1.79. The predicted molar refractivity (Wildman–Crippen MR) is 158 cm³/mol. The second kappa shape index (κ2) is 12.2. The third kappa shape index (κ3) is 6.56. The lowest BCUT2D eigenvalue weighted by Gasteiger charge is -2.27. The number of anilines is 1. The SMILES string of the molecule is CCc1ccc(-c2oc3nc(N(CCCC(C)(CCOC)C(=O)O)S(C)(=O)=O)c(C4CC4)cc3c2C(=O)NC)cc1. The van der Waals surface area contributed by atoms with Gasteiger partial charge in [-0.2, -0.15) is 4.98 Å². The van der Waals surface area contributed by atoms with Crippen LogP contribution in [0.1, 0.15) is 73.4 Å². The summed E-state index contributed by atoms with van der Waals surface area (Å²) < 4.78 is 38.7. The summed E-state index contributed by atoms with van der Waals surface area (Å²) in [6.45, 7) is 4.06. The van der Waals surface area contributed by atoms with Crippen LogP contribution in [-0.2, 0) is 26.0 Å². The first-order valence-electron chi connectivity index (χ1n) is 13.9. The number of carbonyl (C=O) groups is 2. The van der Waals surface area contributed by atoms with E-state index in [1.165, 1.54) is 11.4 Å². The van der Waals surface area contributed by atoms with E-state index >= 15 is 0 Å². The highest BCUT2D eigenvalue weighted by atomic mass is 32.2. The largest absolute Gasteiger partial charge is 0.481 e. The molecule has 1 aromatic carbocycles. The van der Waals surface area contributed by atoms with E-state index in [0.717, 1.165) is 42.2 Å². The Kier molecular flexibility index (Phi) is 9.08. The van der Waals surface area contributed by atoms with Crippen LogP contribution >= 0.6 is 0 Å². The summed E-state index contributed by atoms with van der Waals surface area (Å²) in [6.07, 6.45) is 4.63. The Bertz CT molecular complexity index is 1530. The van der Waals surface area contributed by atoms with Gasteiger partial charge in [0.1, 0.15) is 11.6 Å². The number of sulfonamides is 1. The lowest BCUT2D eigenvalue weighted by atomic mass is 9.82. The second-order valence-corrected chi connectivity index (χ2v) is 12.9. The summed E-state index contributed by atoms with van der Waals surface area (Å²) in [5.41, 5.74) is 2.07. The number of aromatic nitrogens is 1. The van der Waals surface area contributed by atoms with Crippen LogP contribution in [0.4, 0.5) is 5.82 Å². The smallest absolute Gasteiger partial charge is 0.309 e. The molecule has 1 aliphatic carbocycles. The number of amides is 1. The molecule has 41 heavy (non-hydrogen) atoms. The number of fused-ring (bicyclic) bond motifs is 1. The molecule has 222 valence electrons. The molecule has 1 amide bonds. The maximum atomic E-state index is 13.1. The predicted octanol–water partition coefficient (Wildman–Crippen LogP) is 4.97. The highest BCUT2D eigenvalue weighted by Gasteiger charge is 2.36. The highest BCUT2D eigenvalue weighted by Crippen LogP contribution is 2.47. The number of methoxy groups -OCH3 is 1. The van der Waals surface area contributed by atoms with E-state index in [4.69, 9.17) is 14.1 Å². The first kappa shape index (κ1) is 30.5. The molecule has 3 aromatic rings. The molecule has 2 aromatic heterocycles. The number of carboxylic acid groups (broad SMARTS) is 1. The average molecular weight is 586 g/mol. The fraction of sp³-hybridized carbons (Fsp3) is 0.500. The monoisotopic (exact) mass is 585 g/mol. The van der Waals surface area contributed by atoms with Crippen LogP contribution in [0.3, 0.4) is 0 Å². The van der Waals surface area contributed by atoms with Crippen LogP contribution in [0.25, 0.3) is 22.4 Å². The number of furan rings is 1. The minimum absolute atomic E-state index is 0.0568. The second-order valence-electron chi connectivity index (χ2n) is 11.0. The van der Waals surface area contributed by atoms with Crippen molar-refractivity contribution in [3.05, 3.63) is 47.0 Å². The Labute approximate surface area is 241 Å². The molecule has 1 atom stereocenters. The molecule has 1 unspecified atom stereocenters. The molecule has 1 fully saturated rings. The Morgan fingerprint density at radius 1 is 1.22 bits per heavy atom. The quantitative estimate of drug-likeness (QED) is 0.270. The summed E-state index contributed by atoms with van der Waals surface area (Å²) in [5.74, 6) is -0.526. The Hall–Kier alpha value is -3.44. The number of ether oxygens (including phenoxy) is 1. The molecule has 4 rings (SSSR count). The van der Waals surface area contributed by atoms with E-state index < -0.39 is 21.4 Å². The van der Waals surface area contributed by atoms with Gasteiger partial charge in [-0.25, -0.2) is 8.42 Å². The zero-order valence-electron chi connectivity index (χ0n) is 24.3. The molecule has 0 bridgehead atoms. The van der Waals surface area contributed by atoms with E-state index in [9.17, 15) is 23.1 Å². The number of nitrogens with one attached hydrogen (secondary N) is 1. The summed E-state index contributed by atoms with van der Waals surface area (Å²) in [7, 11) is -0.704. The summed E-state index contributed by atoms with van der Waals surface area (Å²) in [5, 5.41) is 13.0. The lowest BCUT2D eigenvalue weighted by Crippen LogP contribution is -2.35. The first-order valence-corrected chi connectivity index (χ1v) is 15.8. The van der Waals surface area contributed by atoms with Crippen LogP contribution in [0.15, 0.2) is 34.7 Å². The van der Waals surface area contributed by atoms with Crippen molar-refractivity contribution in [1.82, 2.24) is 10.3 Å². The maximum absolute atomic E-state index is 13.1. The number of aliphatic carboxylic acids is 1. The molecule has 0 aliphatic heterocycles. The number of nitrogens with zero attached hydrogens (tertiary/aromatic N) is 2.